The van der Waals surface area contributed by atoms with Gasteiger partial charge in [0, 0.05) is 17.2 Å². The highest BCUT2D eigenvalue weighted by molar-refractivity contribution is 5.96. The summed E-state index contributed by atoms with van der Waals surface area (Å²) in [5.74, 6) is 0.920. The predicted molar refractivity (Wildman–Crippen MR) is 117 cm³/mol. The molecule has 2 aromatic rings. The van der Waals surface area contributed by atoms with Crippen molar-refractivity contribution in [3.63, 3.8) is 0 Å². The van der Waals surface area contributed by atoms with Gasteiger partial charge in [-0.3, -0.25) is 0 Å². The van der Waals surface area contributed by atoms with E-state index in [4.69, 9.17) is 14.3 Å². The lowest BCUT2D eigenvalue weighted by Gasteiger charge is -2.20. The number of ether oxygens (including phenoxy) is 2. The standard InChI is InChI=1S/C24H27N3O5/c1-14(2)30-22-9-6-15(10-16(22)11-25)24-31-23(27-32-24)20-5-3-4-19-18(20)7-8-21(19)26-17(12-28)13-29/h3-6,9-10,14,17,21,24,26,28-29H,7-8,12-13H2,1-2H3. The molecule has 2 aromatic carbocycles. The number of fused-ring (bicyclic) bond motifs is 1. The van der Waals surface area contributed by atoms with E-state index < -0.39 is 6.29 Å². The van der Waals surface area contributed by atoms with E-state index in [2.05, 4.69) is 16.5 Å². The molecule has 0 bridgehead atoms. The zero-order valence-electron chi connectivity index (χ0n) is 18.1. The Morgan fingerprint density at radius 3 is 2.78 bits per heavy atom. The van der Waals surface area contributed by atoms with E-state index in [0.29, 0.717) is 22.8 Å². The van der Waals surface area contributed by atoms with E-state index >= 15 is 0 Å². The van der Waals surface area contributed by atoms with Gasteiger partial charge in [0.25, 0.3) is 12.2 Å². The zero-order chi connectivity index (χ0) is 22.7. The van der Waals surface area contributed by atoms with Gasteiger partial charge in [-0.1, -0.05) is 12.1 Å². The Bertz CT molecular complexity index is 1040. The highest BCUT2D eigenvalue weighted by atomic mass is 16.8. The van der Waals surface area contributed by atoms with Gasteiger partial charge in [0.1, 0.15) is 11.8 Å². The molecule has 0 spiro atoms. The minimum Gasteiger partial charge on any atom is -0.490 e. The van der Waals surface area contributed by atoms with Crippen LogP contribution in [0.4, 0.5) is 0 Å². The van der Waals surface area contributed by atoms with Crippen molar-refractivity contribution in [2.75, 3.05) is 13.2 Å². The second-order valence-corrected chi connectivity index (χ2v) is 8.18. The molecular formula is C24H27N3O5. The van der Waals surface area contributed by atoms with E-state index in [1.807, 2.05) is 32.0 Å². The maximum Gasteiger partial charge on any atom is 0.293 e. The molecule has 8 heteroatoms. The van der Waals surface area contributed by atoms with Crippen molar-refractivity contribution in [1.29, 1.82) is 5.26 Å². The fourth-order valence-electron chi connectivity index (χ4n) is 4.10. The SMILES string of the molecule is CC(C)Oc1ccc(C2ON=C(c3cccc4c3CCC4NC(CO)CO)O2)cc1C#N. The van der Waals surface area contributed by atoms with Crippen LogP contribution in [0.1, 0.15) is 60.4 Å². The van der Waals surface area contributed by atoms with Crippen LogP contribution in [0, 0.1) is 11.3 Å². The molecule has 0 fully saturated rings. The molecule has 168 valence electrons. The third kappa shape index (κ3) is 4.41. The lowest BCUT2D eigenvalue weighted by Crippen LogP contribution is -2.37. The number of aliphatic hydroxyl groups is 2. The van der Waals surface area contributed by atoms with Crippen LogP contribution < -0.4 is 10.1 Å². The first kappa shape index (κ1) is 22.1. The molecule has 2 atom stereocenters. The summed E-state index contributed by atoms with van der Waals surface area (Å²) < 4.78 is 11.7. The van der Waals surface area contributed by atoms with Crippen LogP contribution in [0.2, 0.25) is 0 Å². The topological polar surface area (TPSA) is 116 Å². The van der Waals surface area contributed by atoms with Crippen molar-refractivity contribution in [2.24, 2.45) is 5.16 Å². The van der Waals surface area contributed by atoms with Gasteiger partial charge in [-0.2, -0.15) is 5.26 Å². The predicted octanol–water partition coefficient (Wildman–Crippen LogP) is 2.68. The largest absolute Gasteiger partial charge is 0.490 e. The molecule has 0 radical (unpaired) electrons. The highest BCUT2D eigenvalue weighted by Crippen LogP contribution is 2.37. The Morgan fingerprint density at radius 1 is 1.25 bits per heavy atom. The molecular weight excluding hydrogens is 410 g/mol. The summed E-state index contributed by atoms with van der Waals surface area (Å²) >= 11 is 0. The maximum atomic E-state index is 9.48. The number of hydrogen-bond donors (Lipinski definition) is 3. The minimum atomic E-state index is -0.746. The maximum absolute atomic E-state index is 9.48. The summed E-state index contributed by atoms with van der Waals surface area (Å²) in [7, 11) is 0. The van der Waals surface area contributed by atoms with E-state index in [1.165, 1.54) is 0 Å². The fourth-order valence-corrected chi connectivity index (χ4v) is 4.10. The monoisotopic (exact) mass is 437 g/mol. The van der Waals surface area contributed by atoms with Crippen molar-refractivity contribution >= 4 is 5.90 Å². The van der Waals surface area contributed by atoms with Gasteiger partial charge < -0.3 is 29.8 Å². The third-order valence-electron chi connectivity index (χ3n) is 5.59. The van der Waals surface area contributed by atoms with Crippen LogP contribution in [0.5, 0.6) is 5.75 Å². The quantitative estimate of drug-likeness (QED) is 0.581. The Morgan fingerprint density at radius 2 is 2.06 bits per heavy atom. The van der Waals surface area contributed by atoms with Crippen LogP contribution >= 0.6 is 0 Å². The van der Waals surface area contributed by atoms with Crippen LogP contribution in [0.15, 0.2) is 41.6 Å². The number of nitrogens with zero attached hydrogens (tertiary/aromatic N) is 2. The Labute approximate surface area is 187 Å². The first-order valence-corrected chi connectivity index (χ1v) is 10.7. The zero-order valence-corrected chi connectivity index (χ0v) is 18.1. The number of oxime groups is 1. The van der Waals surface area contributed by atoms with Gasteiger partial charge in [-0.15, -0.1) is 0 Å². The third-order valence-corrected chi connectivity index (χ3v) is 5.59. The number of nitriles is 1. The molecule has 1 aliphatic carbocycles. The molecule has 32 heavy (non-hydrogen) atoms. The van der Waals surface area contributed by atoms with Crippen molar-refractivity contribution in [3.8, 4) is 11.8 Å². The van der Waals surface area contributed by atoms with Crippen LogP contribution in [-0.4, -0.2) is 41.5 Å². The van der Waals surface area contributed by atoms with Crippen LogP contribution in [0.3, 0.4) is 0 Å². The Hall–Kier alpha value is -3.12. The van der Waals surface area contributed by atoms with Crippen molar-refractivity contribution < 1.29 is 24.5 Å². The number of nitrogens with one attached hydrogen (secondary N) is 1. The molecule has 0 saturated carbocycles. The average molecular weight is 437 g/mol. The van der Waals surface area contributed by atoms with Crippen molar-refractivity contribution in [1.82, 2.24) is 5.32 Å². The molecule has 0 saturated heterocycles. The summed E-state index contributed by atoms with van der Waals surface area (Å²) in [6.07, 6.45) is 0.887. The number of aliphatic hydroxyl groups excluding tert-OH is 2. The summed E-state index contributed by atoms with van der Waals surface area (Å²) in [4.78, 5) is 5.55. The smallest absolute Gasteiger partial charge is 0.293 e. The summed E-state index contributed by atoms with van der Waals surface area (Å²) in [6, 6.07) is 13.0. The number of benzene rings is 2. The summed E-state index contributed by atoms with van der Waals surface area (Å²) in [6.45, 7) is 3.56. The first-order valence-electron chi connectivity index (χ1n) is 10.7. The Kier molecular flexibility index (Phi) is 6.61. The normalized spacial score (nSPS) is 19.3. The second kappa shape index (κ2) is 9.57. The molecule has 3 N–H and O–H groups in total. The van der Waals surface area contributed by atoms with Crippen LogP contribution in [-0.2, 0) is 16.0 Å². The average Bonchev–Trinajstić information content (AvgIpc) is 3.45. The van der Waals surface area contributed by atoms with E-state index in [0.717, 1.165) is 29.5 Å². The van der Waals surface area contributed by atoms with Gasteiger partial charge in [0.2, 0.25) is 0 Å². The van der Waals surface area contributed by atoms with Gasteiger partial charge in [0.15, 0.2) is 0 Å². The molecule has 8 nitrogen and oxygen atoms in total. The lowest BCUT2D eigenvalue weighted by atomic mass is 10.0. The van der Waals surface area contributed by atoms with E-state index in [-0.39, 0.29) is 31.4 Å². The van der Waals surface area contributed by atoms with Gasteiger partial charge in [-0.05, 0) is 67.2 Å². The number of rotatable bonds is 8. The molecule has 0 aromatic heterocycles. The molecule has 0 amide bonds. The van der Waals surface area contributed by atoms with Crippen molar-refractivity contribution in [2.45, 2.75) is 51.2 Å². The molecule has 1 aliphatic heterocycles. The second-order valence-electron chi connectivity index (χ2n) is 8.18. The van der Waals surface area contributed by atoms with Crippen molar-refractivity contribution in [3.05, 3.63) is 64.2 Å². The lowest BCUT2D eigenvalue weighted by molar-refractivity contribution is -0.0499. The summed E-state index contributed by atoms with van der Waals surface area (Å²) in [5.41, 5.74) is 4.16. The van der Waals surface area contributed by atoms with E-state index in [1.54, 1.807) is 18.2 Å². The Balaban J connectivity index is 1.51. The molecule has 1 heterocycles. The minimum absolute atomic E-state index is 0.0367. The molecule has 2 unspecified atom stereocenters. The first-order chi connectivity index (χ1) is 15.5. The molecule has 2 aliphatic rings. The number of hydrogen-bond acceptors (Lipinski definition) is 8. The van der Waals surface area contributed by atoms with Gasteiger partial charge in [-0.25, -0.2) is 0 Å². The summed E-state index contributed by atoms with van der Waals surface area (Å²) in [5, 5.41) is 35.7. The van der Waals surface area contributed by atoms with Crippen LogP contribution in [0.25, 0.3) is 0 Å². The fraction of sp³-hybridized carbons (Fsp3) is 0.417. The molecule has 4 rings (SSSR count). The van der Waals surface area contributed by atoms with Gasteiger partial charge in [0.05, 0.1) is 30.9 Å². The van der Waals surface area contributed by atoms with E-state index in [9.17, 15) is 15.5 Å². The highest BCUT2D eigenvalue weighted by Gasteiger charge is 2.32. The van der Waals surface area contributed by atoms with Gasteiger partial charge >= 0.3 is 0 Å².